The molecule has 0 saturated heterocycles. The third kappa shape index (κ3) is 3.94. The Kier molecular flexibility index (Phi) is 5.14. The van der Waals surface area contributed by atoms with E-state index in [0.717, 1.165) is 5.69 Å². The molecule has 3 aromatic rings. The molecular formula is C20H15ClN2O. The highest BCUT2D eigenvalue weighted by Gasteiger charge is 2.21. The Morgan fingerprint density at radius 3 is 2.33 bits per heavy atom. The van der Waals surface area contributed by atoms with Crippen molar-refractivity contribution in [3.05, 3.63) is 95.3 Å². The first kappa shape index (κ1) is 16.1. The van der Waals surface area contributed by atoms with Crippen LogP contribution in [0.1, 0.15) is 22.0 Å². The quantitative estimate of drug-likeness (QED) is 0.481. The van der Waals surface area contributed by atoms with Crippen LogP contribution < -0.4 is 0 Å². The van der Waals surface area contributed by atoms with Gasteiger partial charge in [0.15, 0.2) is 5.78 Å². The molecule has 4 heteroatoms. The number of pyridine rings is 1. The van der Waals surface area contributed by atoms with Gasteiger partial charge in [-0.3, -0.25) is 14.8 Å². The van der Waals surface area contributed by atoms with Crippen molar-refractivity contribution in [1.82, 2.24) is 4.98 Å². The van der Waals surface area contributed by atoms with Crippen molar-refractivity contribution in [2.24, 2.45) is 4.99 Å². The third-order valence-corrected chi connectivity index (χ3v) is 3.80. The van der Waals surface area contributed by atoms with Gasteiger partial charge in [-0.25, -0.2) is 0 Å². The number of carbonyl (C=O) groups is 1. The summed E-state index contributed by atoms with van der Waals surface area (Å²) < 4.78 is 0. The van der Waals surface area contributed by atoms with Crippen LogP contribution in [0.2, 0.25) is 5.02 Å². The molecule has 0 spiro atoms. The van der Waals surface area contributed by atoms with Gasteiger partial charge in [-0.1, -0.05) is 48.0 Å². The van der Waals surface area contributed by atoms with Crippen LogP contribution in [0.25, 0.3) is 0 Å². The molecule has 1 aromatic heterocycles. The number of ketones is 1. The van der Waals surface area contributed by atoms with Crippen LogP contribution in [0.15, 0.2) is 84.0 Å². The van der Waals surface area contributed by atoms with E-state index in [-0.39, 0.29) is 5.78 Å². The minimum atomic E-state index is -0.538. The highest BCUT2D eigenvalue weighted by molar-refractivity contribution is 6.30. The lowest BCUT2D eigenvalue weighted by atomic mass is 9.95. The van der Waals surface area contributed by atoms with E-state index in [2.05, 4.69) is 9.98 Å². The van der Waals surface area contributed by atoms with Crippen LogP contribution in [-0.2, 0) is 0 Å². The average molecular weight is 335 g/mol. The monoisotopic (exact) mass is 334 g/mol. The van der Waals surface area contributed by atoms with E-state index in [9.17, 15) is 4.79 Å². The number of aliphatic imine (C=N–C) groups is 1. The summed E-state index contributed by atoms with van der Waals surface area (Å²) in [6.45, 7) is 0. The standard InChI is InChI=1S/C20H15ClN2O/c21-16-9-11-17(12-10-16)23-14-18(19-8-4-5-13-22-19)20(24)15-6-2-1-3-7-15/h1-14,18H. The molecule has 1 heterocycles. The molecule has 0 amide bonds. The predicted molar refractivity (Wildman–Crippen MR) is 97.4 cm³/mol. The maximum absolute atomic E-state index is 12.9. The van der Waals surface area contributed by atoms with E-state index in [4.69, 9.17) is 11.6 Å². The topological polar surface area (TPSA) is 42.3 Å². The molecule has 1 unspecified atom stereocenters. The van der Waals surface area contributed by atoms with Crippen molar-refractivity contribution >= 4 is 29.3 Å². The Bertz CT molecular complexity index is 831. The second-order valence-corrected chi connectivity index (χ2v) is 5.65. The summed E-state index contributed by atoms with van der Waals surface area (Å²) >= 11 is 5.88. The van der Waals surface area contributed by atoms with E-state index in [1.54, 1.807) is 48.8 Å². The smallest absolute Gasteiger partial charge is 0.177 e. The first-order valence-electron chi connectivity index (χ1n) is 7.54. The Labute approximate surface area is 145 Å². The lowest BCUT2D eigenvalue weighted by Crippen LogP contribution is -2.15. The zero-order valence-corrected chi connectivity index (χ0v) is 13.6. The van der Waals surface area contributed by atoms with Crippen molar-refractivity contribution < 1.29 is 4.79 Å². The molecule has 0 radical (unpaired) electrons. The minimum Gasteiger partial charge on any atom is -0.293 e. The molecule has 3 rings (SSSR count). The summed E-state index contributed by atoms with van der Waals surface area (Å²) in [6, 6.07) is 21.8. The molecule has 118 valence electrons. The van der Waals surface area contributed by atoms with Crippen LogP contribution >= 0.6 is 11.6 Å². The fraction of sp³-hybridized carbons (Fsp3) is 0.0500. The van der Waals surface area contributed by atoms with Gasteiger partial charge in [0.1, 0.15) is 0 Å². The third-order valence-electron chi connectivity index (χ3n) is 3.55. The summed E-state index contributed by atoms with van der Waals surface area (Å²) in [5.41, 5.74) is 2.04. The van der Waals surface area contributed by atoms with Gasteiger partial charge in [-0.05, 0) is 36.4 Å². The number of rotatable bonds is 5. The molecule has 0 aliphatic rings. The van der Waals surface area contributed by atoms with Gasteiger partial charge in [0.25, 0.3) is 0 Å². The van der Waals surface area contributed by atoms with Crippen molar-refractivity contribution in [2.75, 3.05) is 0 Å². The number of aromatic nitrogens is 1. The van der Waals surface area contributed by atoms with Crippen LogP contribution in [-0.4, -0.2) is 17.0 Å². The summed E-state index contributed by atoms with van der Waals surface area (Å²) in [6.07, 6.45) is 3.32. The Morgan fingerprint density at radius 2 is 1.67 bits per heavy atom. The number of hydrogen-bond acceptors (Lipinski definition) is 3. The van der Waals surface area contributed by atoms with Crippen molar-refractivity contribution in [2.45, 2.75) is 5.92 Å². The van der Waals surface area contributed by atoms with Gasteiger partial charge >= 0.3 is 0 Å². The van der Waals surface area contributed by atoms with E-state index < -0.39 is 5.92 Å². The van der Waals surface area contributed by atoms with Crippen molar-refractivity contribution in [3.8, 4) is 0 Å². The van der Waals surface area contributed by atoms with Gasteiger partial charge in [0, 0.05) is 23.0 Å². The summed E-state index contributed by atoms with van der Waals surface area (Å²) in [7, 11) is 0. The molecule has 0 aliphatic heterocycles. The van der Waals surface area contributed by atoms with Crippen molar-refractivity contribution in [1.29, 1.82) is 0 Å². The van der Waals surface area contributed by atoms with Crippen molar-refractivity contribution in [3.63, 3.8) is 0 Å². The summed E-state index contributed by atoms with van der Waals surface area (Å²) in [4.78, 5) is 21.6. The van der Waals surface area contributed by atoms with E-state index >= 15 is 0 Å². The van der Waals surface area contributed by atoms with E-state index in [0.29, 0.717) is 16.3 Å². The van der Waals surface area contributed by atoms with Crippen LogP contribution in [0.5, 0.6) is 0 Å². The van der Waals surface area contributed by atoms with Gasteiger partial charge in [-0.2, -0.15) is 0 Å². The maximum Gasteiger partial charge on any atom is 0.177 e. The fourth-order valence-corrected chi connectivity index (χ4v) is 2.43. The SMILES string of the molecule is O=C(c1ccccc1)C(C=Nc1ccc(Cl)cc1)c1ccccn1. The largest absolute Gasteiger partial charge is 0.293 e. The van der Waals surface area contributed by atoms with Gasteiger partial charge < -0.3 is 0 Å². The molecule has 24 heavy (non-hydrogen) atoms. The van der Waals surface area contributed by atoms with Crippen LogP contribution in [0.4, 0.5) is 5.69 Å². The lowest BCUT2D eigenvalue weighted by molar-refractivity contribution is 0.0983. The minimum absolute atomic E-state index is 0.0352. The molecule has 0 bridgehead atoms. The molecule has 0 N–H and O–H groups in total. The number of nitrogens with zero attached hydrogens (tertiary/aromatic N) is 2. The highest BCUT2D eigenvalue weighted by atomic mass is 35.5. The molecule has 2 aromatic carbocycles. The fourth-order valence-electron chi connectivity index (χ4n) is 2.31. The number of Topliss-reactive ketones (excluding diaryl/α,β-unsaturated/α-hetero) is 1. The van der Waals surface area contributed by atoms with Gasteiger partial charge in [0.05, 0.1) is 17.3 Å². The highest BCUT2D eigenvalue weighted by Crippen LogP contribution is 2.21. The van der Waals surface area contributed by atoms with Gasteiger partial charge in [0.2, 0.25) is 0 Å². The normalized spacial score (nSPS) is 12.2. The molecule has 0 fully saturated rings. The summed E-state index contributed by atoms with van der Waals surface area (Å²) in [5, 5.41) is 0.649. The molecule has 0 aliphatic carbocycles. The second-order valence-electron chi connectivity index (χ2n) is 5.22. The first-order valence-corrected chi connectivity index (χ1v) is 7.92. The Balaban J connectivity index is 1.93. The van der Waals surface area contributed by atoms with Crippen LogP contribution in [0.3, 0.4) is 0 Å². The molecule has 1 atom stereocenters. The summed E-state index contributed by atoms with van der Waals surface area (Å²) in [5.74, 6) is -0.573. The first-order chi connectivity index (χ1) is 11.7. The zero-order valence-electron chi connectivity index (χ0n) is 12.8. The Morgan fingerprint density at radius 1 is 0.958 bits per heavy atom. The van der Waals surface area contributed by atoms with E-state index in [1.807, 2.05) is 36.4 Å². The predicted octanol–water partition coefficient (Wildman–Crippen LogP) is 5.10. The number of halogens is 1. The number of hydrogen-bond donors (Lipinski definition) is 0. The van der Waals surface area contributed by atoms with Crippen LogP contribution in [0, 0.1) is 0 Å². The molecular weight excluding hydrogens is 320 g/mol. The Hall–Kier alpha value is -2.78. The lowest BCUT2D eigenvalue weighted by Gasteiger charge is -2.10. The maximum atomic E-state index is 12.9. The second kappa shape index (κ2) is 7.66. The average Bonchev–Trinajstić information content (AvgIpc) is 2.65. The molecule has 0 saturated carbocycles. The molecule has 3 nitrogen and oxygen atoms in total. The van der Waals surface area contributed by atoms with Gasteiger partial charge in [-0.15, -0.1) is 0 Å². The number of carbonyl (C=O) groups excluding carboxylic acids is 1. The van der Waals surface area contributed by atoms with E-state index in [1.165, 1.54) is 0 Å². The number of benzene rings is 2. The zero-order chi connectivity index (χ0) is 16.8.